The molecule has 5 heteroatoms. The Kier molecular flexibility index (Phi) is 3.98. The van der Waals surface area contributed by atoms with Gasteiger partial charge in [0.2, 0.25) is 0 Å². The summed E-state index contributed by atoms with van der Waals surface area (Å²) >= 11 is 0. The molecule has 2 aromatic carbocycles. The lowest BCUT2D eigenvalue weighted by molar-refractivity contribution is 0.0697. The van der Waals surface area contributed by atoms with Gasteiger partial charge >= 0.3 is 5.97 Å². The maximum atomic E-state index is 10.9. The van der Waals surface area contributed by atoms with Crippen LogP contribution in [0, 0.1) is 0 Å². The Balaban J connectivity index is 1.55. The van der Waals surface area contributed by atoms with Crippen LogP contribution in [-0.2, 0) is 0 Å². The number of hydrogen-bond donors (Lipinski definition) is 2. The summed E-state index contributed by atoms with van der Waals surface area (Å²) in [4.78, 5) is 21.1. The third-order valence-corrected chi connectivity index (χ3v) is 4.63. The Hall–Kier alpha value is -3.08. The lowest BCUT2D eigenvalue weighted by Crippen LogP contribution is -2.17. The maximum Gasteiger partial charge on any atom is 0.335 e. The van der Waals surface area contributed by atoms with Crippen LogP contribution in [0.2, 0.25) is 0 Å². The minimum absolute atomic E-state index is 0.271. The van der Waals surface area contributed by atoms with Gasteiger partial charge in [0.05, 0.1) is 17.5 Å². The molecule has 0 atom stereocenters. The van der Waals surface area contributed by atoms with Crippen LogP contribution in [0.25, 0.3) is 22.6 Å². The van der Waals surface area contributed by atoms with Crippen molar-refractivity contribution in [1.29, 1.82) is 0 Å². The quantitative estimate of drug-likeness (QED) is 0.756. The molecule has 1 fully saturated rings. The number of H-pyrrole nitrogens is 1. The van der Waals surface area contributed by atoms with E-state index in [4.69, 9.17) is 5.11 Å². The van der Waals surface area contributed by atoms with Gasteiger partial charge in [0, 0.05) is 24.3 Å². The van der Waals surface area contributed by atoms with Crippen molar-refractivity contribution in [3.63, 3.8) is 0 Å². The zero-order valence-electron chi connectivity index (χ0n) is 13.8. The second kappa shape index (κ2) is 6.43. The van der Waals surface area contributed by atoms with Crippen molar-refractivity contribution in [2.24, 2.45) is 0 Å². The van der Waals surface area contributed by atoms with E-state index in [9.17, 15) is 4.79 Å². The molecule has 1 aromatic heterocycles. The second-order valence-corrected chi connectivity index (χ2v) is 6.27. The maximum absolute atomic E-state index is 10.9. The molecule has 4 rings (SSSR count). The van der Waals surface area contributed by atoms with E-state index in [1.165, 1.54) is 18.5 Å². The Morgan fingerprint density at radius 3 is 2.24 bits per heavy atom. The number of carboxylic acids is 1. The third kappa shape index (κ3) is 3.13. The van der Waals surface area contributed by atoms with Crippen molar-refractivity contribution in [1.82, 2.24) is 9.97 Å². The van der Waals surface area contributed by atoms with Crippen LogP contribution in [0.4, 0.5) is 5.69 Å². The first kappa shape index (κ1) is 15.4. The van der Waals surface area contributed by atoms with Crippen LogP contribution in [-0.4, -0.2) is 34.1 Å². The van der Waals surface area contributed by atoms with Gasteiger partial charge in [-0.3, -0.25) is 0 Å². The van der Waals surface area contributed by atoms with Gasteiger partial charge in [-0.1, -0.05) is 24.3 Å². The Morgan fingerprint density at radius 1 is 0.960 bits per heavy atom. The van der Waals surface area contributed by atoms with E-state index in [2.05, 4.69) is 39.1 Å². The summed E-state index contributed by atoms with van der Waals surface area (Å²) < 4.78 is 0. The van der Waals surface area contributed by atoms with Gasteiger partial charge in [0.15, 0.2) is 0 Å². The van der Waals surface area contributed by atoms with Gasteiger partial charge in [0.1, 0.15) is 5.82 Å². The van der Waals surface area contributed by atoms with E-state index in [0.29, 0.717) is 0 Å². The number of hydrogen-bond acceptors (Lipinski definition) is 3. The van der Waals surface area contributed by atoms with Crippen molar-refractivity contribution in [3.8, 4) is 22.6 Å². The highest BCUT2D eigenvalue weighted by atomic mass is 16.4. The number of aromatic amines is 1. The number of anilines is 1. The molecule has 0 bridgehead atoms. The fraction of sp³-hybridized carbons (Fsp3) is 0.200. The molecule has 1 saturated heterocycles. The Bertz CT molecular complexity index is 876. The lowest BCUT2D eigenvalue weighted by Gasteiger charge is -2.17. The van der Waals surface area contributed by atoms with E-state index >= 15 is 0 Å². The van der Waals surface area contributed by atoms with Gasteiger partial charge in [-0.05, 0) is 42.7 Å². The molecule has 3 aromatic rings. The number of carbonyl (C=O) groups is 1. The number of imidazole rings is 1. The molecule has 0 aliphatic carbocycles. The average molecular weight is 333 g/mol. The second-order valence-electron chi connectivity index (χ2n) is 6.27. The molecule has 0 radical (unpaired) electrons. The summed E-state index contributed by atoms with van der Waals surface area (Å²) in [5.41, 5.74) is 4.44. The summed E-state index contributed by atoms with van der Waals surface area (Å²) in [5.74, 6) is -0.194. The largest absolute Gasteiger partial charge is 0.478 e. The van der Waals surface area contributed by atoms with Gasteiger partial charge in [-0.2, -0.15) is 0 Å². The molecule has 0 spiro atoms. The molecule has 126 valence electrons. The SMILES string of the molecule is O=C(O)c1ccc(-c2ncc(-c3ccc(N4CCCC4)cc3)[nH]2)cc1. The molecule has 0 amide bonds. The Morgan fingerprint density at radius 2 is 1.60 bits per heavy atom. The molecule has 1 aliphatic heterocycles. The topological polar surface area (TPSA) is 69.2 Å². The van der Waals surface area contributed by atoms with Crippen LogP contribution in [0.3, 0.4) is 0 Å². The third-order valence-electron chi connectivity index (χ3n) is 4.63. The van der Waals surface area contributed by atoms with Crippen LogP contribution in [0.1, 0.15) is 23.2 Å². The van der Waals surface area contributed by atoms with Crippen LogP contribution >= 0.6 is 0 Å². The zero-order valence-corrected chi connectivity index (χ0v) is 13.8. The monoisotopic (exact) mass is 333 g/mol. The first-order chi connectivity index (χ1) is 12.2. The molecule has 5 nitrogen and oxygen atoms in total. The highest BCUT2D eigenvalue weighted by Gasteiger charge is 2.12. The summed E-state index contributed by atoms with van der Waals surface area (Å²) in [6.45, 7) is 2.28. The normalized spacial score (nSPS) is 14.0. The number of benzene rings is 2. The fourth-order valence-electron chi connectivity index (χ4n) is 3.21. The summed E-state index contributed by atoms with van der Waals surface area (Å²) in [7, 11) is 0. The molecule has 0 saturated carbocycles. The molecule has 0 unspecified atom stereocenters. The zero-order chi connectivity index (χ0) is 17.2. The molecular formula is C20H19N3O2. The number of carboxylic acid groups (broad SMARTS) is 1. The standard InChI is InChI=1S/C20H19N3O2/c24-20(25)16-5-3-15(4-6-16)19-21-13-18(22-19)14-7-9-17(10-8-14)23-11-1-2-12-23/h3-10,13H,1-2,11-12H2,(H,21,22)(H,24,25). The minimum atomic E-state index is -0.926. The first-order valence-electron chi connectivity index (χ1n) is 8.45. The van der Waals surface area contributed by atoms with Gasteiger partial charge in [-0.25, -0.2) is 9.78 Å². The van der Waals surface area contributed by atoms with Crippen LogP contribution in [0.15, 0.2) is 54.7 Å². The van der Waals surface area contributed by atoms with Crippen molar-refractivity contribution in [3.05, 3.63) is 60.3 Å². The fourth-order valence-corrected chi connectivity index (χ4v) is 3.21. The van der Waals surface area contributed by atoms with Crippen LogP contribution < -0.4 is 4.90 Å². The Labute approximate surface area is 146 Å². The van der Waals surface area contributed by atoms with Crippen LogP contribution in [0.5, 0.6) is 0 Å². The highest BCUT2D eigenvalue weighted by Crippen LogP contribution is 2.26. The van der Waals surface area contributed by atoms with Crippen molar-refractivity contribution < 1.29 is 9.90 Å². The van der Waals surface area contributed by atoms with Crippen molar-refractivity contribution in [2.75, 3.05) is 18.0 Å². The van der Waals surface area contributed by atoms with E-state index in [1.807, 2.05) is 6.20 Å². The number of rotatable bonds is 4. The van der Waals surface area contributed by atoms with E-state index < -0.39 is 5.97 Å². The van der Waals surface area contributed by atoms with Gasteiger partial charge in [-0.15, -0.1) is 0 Å². The van der Waals surface area contributed by atoms with Gasteiger partial charge in [0.25, 0.3) is 0 Å². The summed E-state index contributed by atoms with van der Waals surface area (Å²) in [6, 6.07) is 15.2. The smallest absolute Gasteiger partial charge is 0.335 e. The number of nitrogens with one attached hydrogen (secondary N) is 1. The predicted molar refractivity (Wildman–Crippen MR) is 97.9 cm³/mol. The number of aromatic nitrogens is 2. The molecular weight excluding hydrogens is 314 g/mol. The molecule has 25 heavy (non-hydrogen) atoms. The van der Waals surface area contributed by atoms with Gasteiger partial charge < -0.3 is 15.0 Å². The highest BCUT2D eigenvalue weighted by molar-refractivity contribution is 5.88. The number of nitrogens with zero attached hydrogens (tertiary/aromatic N) is 2. The van der Waals surface area contributed by atoms with Crippen molar-refractivity contribution >= 4 is 11.7 Å². The van der Waals surface area contributed by atoms with E-state index in [-0.39, 0.29) is 5.56 Å². The molecule has 1 aliphatic rings. The van der Waals surface area contributed by atoms with E-state index in [0.717, 1.165) is 35.7 Å². The average Bonchev–Trinajstić information content (AvgIpc) is 3.34. The summed E-state index contributed by atoms with van der Waals surface area (Å²) in [6.07, 6.45) is 4.35. The lowest BCUT2D eigenvalue weighted by atomic mass is 10.1. The molecule has 2 heterocycles. The van der Waals surface area contributed by atoms with Crippen molar-refractivity contribution in [2.45, 2.75) is 12.8 Å². The first-order valence-corrected chi connectivity index (χ1v) is 8.45. The minimum Gasteiger partial charge on any atom is -0.478 e. The predicted octanol–water partition coefficient (Wildman–Crippen LogP) is 4.04. The number of aromatic carboxylic acids is 1. The van der Waals surface area contributed by atoms with E-state index in [1.54, 1.807) is 24.3 Å². The summed E-state index contributed by atoms with van der Waals surface area (Å²) in [5, 5.41) is 8.97. The molecule has 2 N–H and O–H groups in total.